The molecule has 5 nitrogen and oxygen atoms in total. The molecule has 112 valence electrons. The summed E-state index contributed by atoms with van der Waals surface area (Å²) in [7, 11) is 0. The predicted octanol–water partition coefficient (Wildman–Crippen LogP) is 2.89. The van der Waals surface area contributed by atoms with E-state index in [-0.39, 0.29) is 11.2 Å². The number of aromatic nitrogens is 3. The van der Waals surface area contributed by atoms with Gasteiger partial charge in [0.2, 0.25) is 5.91 Å². The summed E-state index contributed by atoms with van der Waals surface area (Å²) < 4.78 is 0. The Morgan fingerprint density at radius 1 is 1.52 bits per heavy atom. The topological polar surface area (TPSA) is 70.7 Å². The van der Waals surface area contributed by atoms with Crippen molar-refractivity contribution in [3.8, 4) is 0 Å². The van der Waals surface area contributed by atoms with E-state index in [1.807, 2.05) is 19.1 Å². The number of pyridine rings is 1. The molecule has 2 N–H and O–H groups in total. The lowest BCUT2D eigenvalue weighted by atomic mass is 10.2. The molecule has 0 radical (unpaired) electrons. The second kappa shape index (κ2) is 6.47. The number of H-pyrrole nitrogens is 1. The van der Waals surface area contributed by atoms with Gasteiger partial charge in [0.1, 0.15) is 0 Å². The van der Waals surface area contributed by atoms with E-state index >= 15 is 0 Å². The van der Waals surface area contributed by atoms with E-state index in [0.717, 1.165) is 29.9 Å². The number of aromatic amines is 1. The number of amides is 1. The number of imidazole rings is 1. The van der Waals surface area contributed by atoms with Gasteiger partial charge < -0.3 is 10.3 Å². The summed E-state index contributed by atoms with van der Waals surface area (Å²) in [6.45, 7) is 2.03. The van der Waals surface area contributed by atoms with Crippen LogP contribution in [0.2, 0.25) is 0 Å². The highest BCUT2D eigenvalue weighted by molar-refractivity contribution is 8.00. The number of carbonyl (C=O) groups excluding carboxylic acids is 1. The van der Waals surface area contributed by atoms with Crippen molar-refractivity contribution < 1.29 is 4.79 Å². The summed E-state index contributed by atoms with van der Waals surface area (Å²) in [6, 6.07) is 4.18. The number of carbonyl (C=O) groups is 1. The van der Waals surface area contributed by atoms with Gasteiger partial charge >= 0.3 is 0 Å². The van der Waals surface area contributed by atoms with Crippen LogP contribution in [-0.4, -0.2) is 32.2 Å². The van der Waals surface area contributed by atoms with Gasteiger partial charge in [-0.1, -0.05) is 31.5 Å². The highest BCUT2D eigenvalue weighted by Gasteiger charge is 2.24. The molecule has 1 atom stereocenters. The fourth-order valence-corrected chi connectivity index (χ4v) is 3.62. The number of nitrogens with zero attached hydrogens (tertiary/aromatic N) is 2. The van der Waals surface area contributed by atoms with Crippen molar-refractivity contribution >= 4 is 28.8 Å². The van der Waals surface area contributed by atoms with Crippen LogP contribution in [0.3, 0.4) is 0 Å². The summed E-state index contributed by atoms with van der Waals surface area (Å²) in [5, 5.41) is 3.82. The van der Waals surface area contributed by atoms with Gasteiger partial charge in [0.25, 0.3) is 0 Å². The quantitative estimate of drug-likeness (QED) is 0.833. The Morgan fingerprint density at radius 3 is 3.05 bits per heavy atom. The van der Waals surface area contributed by atoms with Crippen molar-refractivity contribution in [2.75, 3.05) is 0 Å². The summed E-state index contributed by atoms with van der Waals surface area (Å²) in [4.78, 5) is 24.2. The van der Waals surface area contributed by atoms with E-state index in [4.69, 9.17) is 0 Å². The Labute approximate surface area is 128 Å². The van der Waals surface area contributed by atoms with Crippen molar-refractivity contribution in [2.24, 2.45) is 0 Å². The fraction of sp³-hybridized carbons (Fsp3) is 0.533. The van der Waals surface area contributed by atoms with Crippen molar-refractivity contribution in [3.05, 3.63) is 18.3 Å². The molecule has 1 saturated carbocycles. The van der Waals surface area contributed by atoms with Crippen LogP contribution in [0.5, 0.6) is 0 Å². The first kappa shape index (κ1) is 14.4. The highest BCUT2D eigenvalue weighted by Crippen LogP contribution is 2.26. The first-order valence-corrected chi connectivity index (χ1v) is 8.42. The maximum atomic E-state index is 12.4. The monoisotopic (exact) mass is 304 g/mol. The van der Waals surface area contributed by atoms with Crippen molar-refractivity contribution in [2.45, 2.75) is 55.5 Å². The molecule has 0 saturated heterocycles. The largest absolute Gasteiger partial charge is 0.352 e. The Balaban J connectivity index is 1.66. The smallest absolute Gasteiger partial charge is 0.233 e. The van der Waals surface area contributed by atoms with Crippen LogP contribution in [0.1, 0.15) is 39.0 Å². The van der Waals surface area contributed by atoms with Crippen LogP contribution >= 0.6 is 11.8 Å². The predicted molar refractivity (Wildman–Crippen MR) is 84.2 cm³/mol. The lowest BCUT2D eigenvalue weighted by molar-refractivity contribution is -0.121. The van der Waals surface area contributed by atoms with Gasteiger partial charge in [0.15, 0.2) is 10.8 Å². The minimum absolute atomic E-state index is 0.105. The minimum atomic E-state index is -0.105. The zero-order valence-corrected chi connectivity index (χ0v) is 12.9. The van der Waals surface area contributed by atoms with Crippen LogP contribution in [0.15, 0.2) is 23.5 Å². The van der Waals surface area contributed by atoms with Crippen molar-refractivity contribution in [1.29, 1.82) is 0 Å². The van der Waals surface area contributed by atoms with Gasteiger partial charge in [-0.05, 0) is 31.4 Å². The molecule has 0 unspecified atom stereocenters. The molecule has 2 aromatic heterocycles. The third-order valence-electron chi connectivity index (χ3n) is 3.85. The minimum Gasteiger partial charge on any atom is -0.352 e. The van der Waals surface area contributed by atoms with E-state index in [2.05, 4.69) is 20.3 Å². The van der Waals surface area contributed by atoms with Crippen LogP contribution in [0.25, 0.3) is 11.2 Å². The Hall–Kier alpha value is -1.56. The van der Waals surface area contributed by atoms with Crippen LogP contribution in [-0.2, 0) is 4.79 Å². The van der Waals surface area contributed by atoms with E-state index in [9.17, 15) is 4.79 Å². The average molecular weight is 304 g/mol. The Morgan fingerprint density at radius 2 is 2.33 bits per heavy atom. The molecule has 1 aliphatic carbocycles. The van der Waals surface area contributed by atoms with Gasteiger partial charge in [0, 0.05) is 12.2 Å². The highest BCUT2D eigenvalue weighted by atomic mass is 32.2. The SMILES string of the molecule is CC[C@H](Sc1nc2ncccc2[nH]1)C(=O)NC1CCCC1. The van der Waals surface area contributed by atoms with E-state index in [1.165, 1.54) is 24.6 Å². The average Bonchev–Trinajstić information content (AvgIpc) is 3.12. The van der Waals surface area contributed by atoms with Crippen molar-refractivity contribution in [1.82, 2.24) is 20.3 Å². The van der Waals surface area contributed by atoms with Crippen LogP contribution in [0, 0.1) is 0 Å². The molecule has 3 rings (SSSR count). The lowest BCUT2D eigenvalue weighted by Crippen LogP contribution is -2.38. The lowest BCUT2D eigenvalue weighted by Gasteiger charge is -2.17. The zero-order valence-electron chi connectivity index (χ0n) is 12.1. The summed E-state index contributed by atoms with van der Waals surface area (Å²) >= 11 is 1.49. The molecule has 0 bridgehead atoms. The second-order valence-corrected chi connectivity index (χ2v) is 6.61. The Kier molecular flexibility index (Phi) is 4.43. The molecule has 0 aromatic carbocycles. The van der Waals surface area contributed by atoms with E-state index < -0.39 is 0 Å². The number of hydrogen-bond donors (Lipinski definition) is 2. The van der Waals surface area contributed by atoms with E-state index in [0.29, 0.717) is 11.7 Å². The standard InChI is InChI=1S/C15H20N4OS/c1-2-12(14(20)17-10-6-3-4-7-10)21-15-18-11-8-5-9-16-13(11)19-15/h5,8-10,12H,2-4,6-7H2,1H3,(H,17,20)(H,16,18,19)/t12-/m0/s1. The second-order valence-electron chi connectivity index (χ2n) is 5.42. The third-order valence-corrected chi connectivity index (χ3v) is 5.10. The molecular weight excluding hydrogens is 284 g/mol. The molecule has 1 aliphatic rings. The fourth-order valence-electron chi connectivity index (χ4n) is 2.70. The van der Waals surface area contributed by atoms with Crippen molar-refractivity contribution in [3.63, 3.8) is 0 Å². The first-order valence-electron chi connectivity index (χ1n) is 7.54. The number of fused-ring (bicyclic) bond motifs is 1. The van der Waals surface area contributed by atoms with Gasteiger partial charge in [-0.15, -0.1) is 0 Å². The van der Waals surface area contributed by atoms with Crippen LogP contribution < -0.4 is 5.32 Å². The Bertz CT molecular complexity index is 588. The first-order chi connectivity index (χ1) is 10.3. The normalized spacial score (nSPS) is 17.2. The van der Waals surface area contributed by atoms with Gasteiger partial charge in [-0.2, -0.15) is 0 Å². The third kappa shape index (κ3) is 3.37. The van der Waals surface area contributed by atoms with Gasteiger partial charge in [-0.25, -0.2) is 9.97 Å². The molecule has 1 fully saturated rings. The molecule has 2 aromatic rings. The maximum absolute atomic E-state index is 12.4. The van der Waals surface area contributed by atoms with Gasteiger partial charge in [0.05, 0.1) is 10.8 Å². The zero-order chi connectivity index (χ0) is 14.7. The molecular formula is C15H20N4OS. The molecule has 6 heteroatoms. The van der Waals surface area contributed by atoms with E-state index in [1.54, 1.807) is 6.20 Å². The van der Waals surface area contributed by atoms with Crippen LogP contribution in [0.4, 0.5) is 0 Å². The summed E-state index contributed by atoms with van der Waals surface area (Å²) in [5.74, 6) is 0.128. The molecule has 1 amide bonds. The molecule has 0 spiro atoms. The summed E-state index contributed by atoms with van der Waals surface area (Å²) in [5.41, 5.74) is 1.61. The molecule has 21 heavy (non-hydrogen) atoms. The number of thioether (sulfide) groups is 1. The summed E-state index contributed by atoms with van der Waals surface area (Å²) in [6.07, 6.45) is 7.19. The number of rotatable bonds is 5. The molecule has 2 heterocycles. The molecule has 0 aliphatic heterocycles. The van der Waals surface area contributed by atoms with Gasteiger partial charge in [-0.3, -0.25) is 4.79 Å². The number of hydrogen-bond acceptors (Lipinski definition) is 4. The maximum Gasteiger partial charge on any atom is 0.233 e. The number of nitrogens with one attached hydrogen (secondary N) is 2.